The molecule has 1 heterocycles. The van der Waals surface area contributed by atoms with Gasteiger partial charge in [-0.2, -0.15) is 0 Å². The summed E-state index contributed by atoms with van der Waals surface area (Å²) >= 11 is 0. The van der Waals surface area contributed by atoms with Gasteiger partial charge in [-0.3, -0.25) is 9.79 Å². The first-order valence-corrected chi connectivity index (χ1v) is 8.26. The SMILES string of the molecule is CN=C(NCC(C)C(=O)OC)N1CCC(OCCCOC)CC1.I. The van der Waals surface area contributed by atoms with Crippen molar-refractivity contribution in [1.29, 1.82) is 0 Å². The van der Waals surface area contributed by atoms with Crippen LogP contribution in [0.2, 0.25) is 0 Å². The average molecular weight is 457 g/mol. The van der Waals surface area contributed by atoms with Crippen molar-refractivity contribution in [2.24, 2.45) is 10.9 Å². The molecule has 1 unspecified atom stereocenters. The summed E-state index contributed by atoms with van der Waals surface area (Å²) in [7, 11) is 4.88. The Kier molecular flexibility index (Phi) is 13.3. The Balaban J connectivity index is 0.00000529. The highest BCUT2D eigenvalue weighted by atomic mass is 127. The number of carbonyl (C=O) groups is 1. The molecule has 0 aromatic rings. The van der Waals surface area contributed by atoms with Crippen LogP contribution in [0, 0.1) is 5.92 Å². The van der Waals surface area contributed by atoms with E-state index in [9.17, 15) is 4.79 Å². The molecule has 8 heteroatoms. The van der Waals surface area contributed by atoms with Gasteiger partial charge < -0.3 is 24.4 Å². The van der Waals surface area contributed by atoms with E-state index in [-0.39, 0.29) is 35.9 Å². The first-order valence-electron chi connectivity index (χ1n) is 8.26. The van der Waals surface area contributed by atoms with Gasteiger partial charge >= 0.3 is 5.97 Å². The highest BCUT2D eigenvalue weighted by Crippen LogP contribution is 2.14. The van der Waals surface area contributed by atoms with Crippen LogP contribution in [0.3, 0.4) is 0 Å². The molecule has 1 rings (SSSR count). The van der Waals surface area contributed by atoms with E-state index in [4.69, 9.17) is 14.2 Å². The number of piperidine rings is 1. The normalized spacial score (nSPS) is 17.2. The molecule has 24 heavy (non-hydrogen) atoms. The second kappa shape index (κ2) is 13.7. The molecular weight excluding hydrogens is 425 g/mol. The number of nitrogens with zero attached hydrogens (tertiary/aromatic N) is 2. The number of likely N-dealkylation sites (tertiary alicyclic amines) is 1. The fraction of sp³-hybridized carbons (Fsp3) is 0.875. The van der Waals surface area contributed by atoms with Crippen molar-refractivity contribution in [2.75, 3.05) is 54.1 Å². The zero-order valence-corrected chi connectivity index (χ0v) is 17.6. The Labute approximate surface area is 162 Å². The van der Waals surface area contributed by atoms with E-state index in [1.807, 2.05) is 6.92 Å². The summed E-state index contributed by atoms with van der Waals surface area (Å²) in [6.45, 7) is 5.66. The number of methoxy groups -OCH3 is 2. The number of carbonyl (C=O) groups excluding carboxylic acids is 1. The highest BCUT2D eigenvalue weighted by molar-refractivity contribution is 14.0. The maximum absolute atomic E-state index is 11.4. The molecule has 0 spiro atoms. The predicted octanol–water partition coefficient (Wildman–Crippen LogP) is 1.51. The van der Waals surface area contributed by atoms with Gasteiger partial charge in [-0.1, -0.05) is 6.92 Å². The summed E-state index contributed by atoms with van der Waals surface area (Å²) in [6.07, 6.45) is 3.22. The van der Waals surface area contributed by atoms with E-state index in [0.29, 0.717) is 12.6 Å². The minimum atomic E-state index is -0.212. The molecule has 0 amide bonds. The second-order valence-electron chi connectivity index (χ2n) is 5.76. The molecule has 1 saturated heterocycles. The quantitative estimate of drug-likeness (QED) is 0.196. The van der Waals surface area contributed by atoms with Crippen LogP contribution in [-0.2, 0) is 19.0 Å². The topological polar surface area (TPSA) is 72.4 Å². The summed E-state index contributed by atoms with van der Waals surface area (Å²) in [4.78, 5) is 17.9. The fourth-order valence-corrected chi connectivity index (χ4v) is 2.55. The number of rotatable bonds is 8. The lowest BCUT2D eigenvalue weighted by Crippen LogP contribution is -2.48. The van der Waals surface area contributed by atoms with E-state index < -0.39 is 0 Å². The molecule has 1 aliphatic heterocycles. The third-order valence-electron chi connectivity index (χ3n) is 3.97. The van der Waals surface area contributed by atoms with Gasteiger partial charge in [0, 0.05) is 47.0 Å². The molecule has 7 nitrogen and oxygen atoms in total. The van der Waals surface area contributed by atoms with Crippen LogP contribution < -0.4 is 5.32 Å². The summed E-state index contributed by atoms with van der Waals surface area (Å²) in [6, 6.07) is 0. The standard InChI is InChI=1S/C16H31N3O4.HI/c1-13(15(20)22-4)12-18-16(17-2)19-8-6-14(7-9-19)23-11-5-10-21-3;/h13-14H,5-12H2,1-4H3,(H,17,18);1H. The third-order valence-corrected chi connectivity index (χ3v) is 3.97. The number of guanidine groups is 1. The number of aliphatic imine (C=N–C) groups is 1. The minimum absolute atomic E-state index is 0. The van der Waals surface area contributed by atoms with Crippen LogP contribution in [-0.4, -0.2) is 77.0 Å². The molecule has 1 aliphatic rings. The van der Waals surface area contributed by atoms with Gasteiger partial charge in [0.2, 0.25) is 0 Å². The maximum Gasteiger partial charge on any atom is 0.310 e. The van der Waals surface area contributed by atoms with Crippen molar-refractivity contribution in [3.8, 4) is 0 Å². The Hall–Kier alpha value is -0.610. The van der Waals surface area contributed by atoms with E-state index in [1.165, 1.54) is 7.11 Å². The van der Waals surface area contributed by atoms with Crippen LogP contribution >= 0.6 is 24.0 Å². The zero-order chi connectivity index (χ0) is 17.1. The van der Waals surface area contributed by atoms with Crippen molar-refractivity contribution >= 4 is 35.9 Å². The van der Waals surface area contributed by atoms with Crippen molar-refractivity contribution in [3.63, 3.8) is 0 Å². The van der Waals surface area contributed by atoms with Crippen molar-refractivity contribution in [1.82, 2.24) is 10.2 Å². The van der Waals surface area contributed by atoms with Crippen LogP contribution in [0.4, 0.5) is 0 Å². The minimum Gasteiger partial charge on any atom is -0.469 e. The monoisotopic (exact) mass is 457 g/mol. The second-order valence-corrected chi connectivity index (χ2v) is 5.76. The lowest BCUT2D eigenvalue weighted by atomic mass is 10.1. The molecule has 0 aromatic heterocycles. The molecule has 1 fully saturated rings. The Morgan fingerprint density at radius 2 is 1.96 bits per heavy atom. The summed E-state index contributed by atoms with van der Waals surface area (Å²) < 4.78 is 15.6. The van der Waals surface area contributed by atoms with Gasteiger partial charge in [-0.15, -0.1) is 24.0 Å². The molecule has 0 bridgehead atoms. The van der Waals surface area contributed by atoms with Gasteiger partial charge in [0.25, 0.3) is 0 Å². The Morgan fingerprint density at radius 3 is 2.50 bits per heavy atom. The smallest absolute Gasteiger partial charge is 0.310 e. The van der Waals surface area contributed by atoms with Crippen LogP contribution in [0.15, 0.2) is 4.99 Å². The molecule has 0 saturated carbocycles. The molecule has 0 radical (unpaired) electrons. The molecule has 142 valence electrons. The van der Waals surface area contributed by atoms with Gasteiger partial charge in [0.15, 0.2) is 5.96 Å². The zero-order valence-electron chi connectivity index (χ0n) is 15.2. The number of hydrogen-bond acceptors (Lipinski definition) is 5. The number of halogens is 1. The van der Waals surface area contributed by atoms with E-state index in [1.54, 1.807) is 14.2 Å². The summed E-state index contributed by atoms with van der Waals surface area (Å²) in [5.74, 6) is 0.424. The van der Waals surface area contributed by atoms with E-state index in [2.05, 4.69) is 15.2 Å². The van der Waals surface area contributed by atoms with Gasteiger partial charge in [-0.25, -0.2) is 0 Å². The van der Waals surface area contributed by atoms with Gasteiger partial charge in [0.05, 0.1) is 19.1 Å². The number of hydrogen-bond donors (Lipinski definition) is 1. The third kappa shape index (κ3) is 8.48. The number of ether oxygens (including phenoxy) is 3. The molecular formula is C16H32IN3O4. The number of nitrogens with one attached hydrogen (secondary N) is 1. The first kappa shape index (κ1) is 23.4. The van der Waals surface area contributed by atoms with Crippen molar-refractivity contribution in [3.05, 3.63) is 0 Å². The predicted molar refractivity (Wildman–Crippen MR) is 105 cm³/mol. The summed E-state index contributed by atoms with van der Waals surface area (Å²) in [5.41, 5.74) is 0. The van der Waals surface area contributed by atoms with Crippen molar-refractivity contribution < 1.29 is 19.0 Å². The van der Waals surface area contributed by atoms with E-state index >= 15 is 0 Å². The molecule has 0 aliphatic carbocycles. The average Bonchev–Trinajstić information content (AvgIpc) is 2.59. The van der Waals surface area contributed by atoms with Gasteiger partial charge in [-0.05, 0) is 19.3 Å². The van der Waals surface area contributed by atoms with E-state index in [0.717, 1.165) is 51.5 Å². The van der Waals surface area contributed by atoms with Crippen molar-refractivity contribution in [2.45, 2.75) is 32.3 Å². The molecule has 1 atom stereocenters. The Bertz CT molecular complexity index is 374. The van der Waals surface area contributed by atoms with Crippen LogP contribution in [0.25, 0.3) is 0 Å². The maximum atomic E-state index is 11.4. The largest absolute Gasteiger partial charge is 0.469 e. The van der Waals surface area contributed by atoms with Crippen LogP contribution in [0.1, 0.15) is 26.2 Å². The lowest BCUT2D eigenvalue weighted by Gasteiger charge is -2.34. The first-order chi connectivity index (χ1) is 11.1. The lowest BCUT2D eigenvalue weighted by molar-refractivity contribution is -0.144. The summed E-state index contributed by atoms with van der Waals surface area (Å²) in [5, 5.41) is 3.25. The fourth-order valence-electron chi connectivity index (χ4n) is 2.55. The van der Waals surface area contributed by atoms with Gasteiger partial charge in [0.1, 0.15) is 0 Å². The highest BCUT2D eigenvalue weighted by Gasteiger charge is 2.22. The van der Waals surface area contributed by atoms with Crippen LogP contribution in [0.5, 0.6) is 0 Å². The molecule has 1 N–H and O–H groups in total. The number of esters is 1. The molecule has 0 aromatic carbocycles. The Morgan fingerprint density at radius 1 is 1.29 bits per heavy atom.